The Morgan fingerprint density at radius 1 is 1.14 bits per heavy atom. The number of quaternary nitrogens is 1. The van der Waals surface area contributed by atoms with Crippen LogP contribution in [0.2, 0.25) is 5.02 Å². The topological polar surface area (TPSA) is 45.7 Å². The average molecular weight is 383 g/mol. The number of nitrogens with one attached hydrogen (secondary N) is 1. The maximum Gasteiger partial charge on any atom is 0.282 e. The number of hydrogen-bond acceptors (Lipinski definition) is 1. The standard InChI is InChI=1S/C17H18BrClN2O/c1-11(15-5-3-4-6-16(15)19)20-12(2)17(22)21-14-9-7-13(18)8-10-14/h3-12,20H,1-2H3,(H,21,22)/p+1/t11-,12+/m0/s1. The number of nitrogens with two attached hydrogens (primary N) is 1. The number of carbonyl (C=O) groups is 1. The third-order valence-electron chi connectivity index (χ3n) is 3.50. The van der Waals surface area contributed by atoms with E-state index in [4.69, 9.17) is 11.6 Å². The van der Waals surface area contributed by atoms with Crippen molar-refractivity contribution < 1.29 is 10.1 Å². The number of anilines is 1. The highest BCUT2D eigenvalue weighted by molar-refractivity contribution is 9.10. The molecule has 0 radical (unpaired) electrons. The first-order chi connectivity index (χ1) is 10.5. The predicted molar refractivity (Wildman–Crippen MR) is 94.0 cm³/mol. The molecule has 1 amide bonds. The molecule has 0 aliphatic rings. The summed E-state index contributed by atoms with van der Waals surface area (Å²) in [5, 5.41) is 5.65. The van der Waals surface area contributed by atoms with Crippen molar-refractivity contribution in [1.29, 1.82) is 0 Å². The normalized spacial score (nSPS) is 13.5. The van der Waals surface area contributed by atoms with Gasteiger partial charge in [0.15, 0.2) is 6.04 Å². The van der Waals surface area contributed by atoms with Crippen LogP contribution in [-0.4, -0.2) is 11.9 Å². The number of amides is 1. The maximum atomic E-state index is 12.3. The van der Waals surface area contributed by atoms with Crippen LogP contribution in [0.1, 0.15) is 25.5 Å². The first-order valence-corrected chi connectivity index (χ1v) is 8.30. The molecule has 0 saturated carbocycles. The Morgan fingerprint density at radius 2 is 1.77 bits per heavy atom. The first-order valence-electron chi connectivity index (χ1n) is 7.13. The summed E-state index contributed by atoms with van der Waals surface area (Å²) in [7, 11) is 0. The van der Waals surface area contributed by atoms with Crippen molar-refractivity contribution in [3.63, 3.8) is 0 Å². The lowest BCUT2D eigenvalue weighted by atomic mass is 10.1. The minimum Gasteiger partial charge on any atom is -0.330 e. The molecule has 0 saturated heterocycles. The maximum absolute atomic E-state index is 12.3. The van der Waals surface area contributed by atoms with Gasteiger partial charge in [-0.05, 0) is 44.2 Å². The third-order valence-corrected chi connectivity index (χ3v) is 4.37. The fourth-order valence-corrected chi connectivity index (χ4v) is 2.83. The summed E-state index contributed by atoms with van der Waals surface area (Å²) in [6, 6.07) is 15.1. The Morgan fingerprint density at radius 3 is 2.41 bits per heavy atom. The van der Waals surface area contributed by atoms with E-state index in [2.05, 4.69) is 21.2 Å². The Hall–Kier alpha value is -1.36. The molecule has 0 spiro atoms. The second kappa shape index (κ2) is 7.77. The predicted octanol–water partition coefficient (Wildman–Crippen LogP) is 3.75. The average Bonchev–Trinajstić information content (AvgIpc) is 2.49. The monoisotopic (exact) mass is 381 g/mol. The third kappa shape index (κ3) is 4.57. The molecule has 0 aliphatic heterocycles. The van der Waals surface area contributed by atoms with Crippen LogP contribution in [-0.2, 0) is 4.79 Å². The number of hydrogen-bond donors (Lipinski definition) is 2. The van der Waals surface area contributed by atoms with Crippen molar-refractivity contribution in [2.45, 2.75) is 25.9 Å². The van der Waals surface area contributed by atoms with Gasteiger partial charge >= 0.3 is 0 Å². The highest BCUT2D eigenvalue weighted by Crippen LogP contribution is 2.19. The van der Waals surface area contributed by atoms with Gasteiger partial charge < -0.3 is 10.6 Å². The van der Waals surface area contributed by atoms with Crippen LogP contribution >= 0.6 is 27.5 Å². The lowest BCUT2D eigenvalue weighted by Gasteiger charge is -2.17. The summed E-state index contributed by atoms with van der Waals surface area (Å²) in [5.74, 6) is -0.0266. The van der Waals surface area contributed by atoms with Gasteiger partial charge in [-0.2, -0.15) is 0 Å². The van der Waals surface area contributed by atoms with Gasteiger partial charge in [-0.15, -0.1) is 0 Å². The van der Waals surface area contributed by atoms with E-state index in [0.29, 0.717) is 0 Å². The highest BCUT2D eigenvalue weighted by atomic mass is 79.9. The van der Waals surface area contributed by atoms with E-state index in [0.717, 1.165) is 20.7 Å². The van der Waals surface area contributed by atoms with Crippen LogP contribution in [0.5, 0.6) is 0 Å². The van der Waals surface area contributed by atoms with Crippen molar-refractivity contribution in [2.75, 3.05) is 5.32 Å². The van der Waals surface area contributed by atoms with Crippen molar-refractivity contribution in [3.8, 4) is 0 Å². The Balaban J connectivity index is 1.96. The summed E-state index contributed by atoms with van der Waals surface area (Å²) in [5.41, 5.74) is 1.83. The van der Waals surface area contributed by atoms with Gasteiger partial charge in [0.2, 0.25) is 0 Å². The number of rotatable bonds is 5. The van der Waals surface area contributed by atoms with Gasteiger partial charge in [0.05, 0.1) is 0 Å². The molecule has 116 valence electrons. The molecule has 0 unspecified atom stereocenters. The lowest BCUT2D eigenvalue weighted by molar-refractivity contribution is -0.709. The quantitative estimate of drug-likeness (QED) is 0.812. The molecule has 22 heavy (non-hydrogen) atoms. The summed E-state index contributed by atoms with van der Waals surface area (Å²) >= 11 is 9.58. The minimum absolute atomic E-state index is 0.0266. The highest BCUT2D eigenvalue weighted by Gasteiger charge is 2.21. The number of benzene rings is 2. The van der Waals surface area contributed by atoms with Gasteiger partial charge in [0.25, 0.3) is 5.91 Å². The van der Waals surface area contributed by atoms with Crippen molar-refractivity contribution in [1.82, 2.24) is 0 Å². The zero-order chi connectivity index (χ0) is 16.1. The van der Waals surface area contributed by atoms with Crippen LogP contribution in [0.15, 0.2) is 53.0 Å². The molecule has 0 heterocycles. The second-order valence-electron chi connectivity index (χ2n) is 5.29. The van der Waals surface area contributed by atoms with Crippen LogP contribution in [0.3, 0.4) is 0 Å². The summed E-state index contributed by atoms with van der Waals surface area (Å²) < 4.78 is 0.984. The van der Waals surface area contributed by atoms with Crippen molar-refractivity contribution >= 4 is 39.1 Å². The molecule has 0 bridgehead atoms. The smallest absolute Gasteiger partial charge is 0.282 e. The van der Waals surface area contributed by atoms with E-state index in [-0.39, 0.29) is 18.0 Å². The first kappa shape index (κ1) is 17.0. The van der Waals surface area contributed by atoms with Crippen LogP contribution in [0.4, 0.5) is 5.69 Å². The summed E-state index contributed by atoms with van der Waals surface area (Å²) in [6.07, 6.45) is 0. The van der Waals surface area contributed by atoms with E-state index in [1.807, 2.05) is 67.7 Å². The molecule has 2 aromatic carbocycles. The molecule has 5 heteroatoms. The van der Waals surface area contributed by atoms with Gasteiger partial charge in [0, 0.05) is 20.7 Å². The lowest BCUT2D eigenvalue weighted by Crippen LogP contribution is -2.91. The molecule has 2 atom stereocenters. The molecule has 2 rings (SSSR count). The van der Waals surface area contributed by atoms with E-state index in [9.17, 15) is 4.79 Å². The van der Waals surface area contributed by atoms with Crippen molar-refractivity contribution in [2.24, 2.45) is 0 Å². The molecule has 0 aromatic heterocycles. The van der Waals surface area contributed by atoms with Crippen LogP contribution in [0, 0.1) is 0 Å². The summed E-state index contributed by atoms with van der Waals surface area (Å²) in [4.78, 5) is 12.3. The fourth-order valence-electron chi connectivity index (χ4n) is 2.26. The molecular formula is C17H19BrClN2O+. The zero-order valence-electron chi connectivity index (χ0n) is 12.5. The van der Waals surface area contributed by atoms with E-state index >= 15 is 0 Å². The Bertz CT molecular complexity index is 645. The Labute approximate surface area is 144 Å². The number of halogens is 2. The molecule has 3 N–H and O–H groups in total. The molecular weight excluding hydrogens is 364 g/mol. The van der Waals surface area contributed by atoms with Crippen LogP contribution in [0.25, 0.3) is 0 Å². The SMILES string of the molecule is C[C@H]([NH2+][C@H](C)C(=O)Nc1ccc(Br)cc1)c1ccccc1Cl. The van der Waals surface area contributed by atoms with Crippen molar-refractivity contribution in [3.05, 3.63) is 63.6 Å². The summed E-state index contributed by atoms with van der Waals surface area (Å²) in [6.45, 7) is 3.94. The van der Waals surface area contributed by atoms with Gasteiger partial charge in [-0.25, -0.2) is 0 Å². The molecule has 0 aliphatic carbocycles. The minimum atomic E-state index is -0.213. The van der Waals surface area contributed by atoms with E-state index in [1.54, 1.807) is 0 Å². The Kier molecular flexibility index (Phi) is 6.00. The van der Waals surface area contributed by atoms with Gasteiger partial charge in [0.1, 0.15) is 6.04 Å². The molecule has 0 fully saturated rings. The van der Waals surface area contributed by atoms with E-state index < -0.39 is 0 Å². The van der Waals surface area contributed by atoms with E-state index in [1.165, 1.54) is 0 Å². The van der Waals surface area contributed by atoms with Gasteiger partial charge in [-0.3, -0.25) is 4.79 Å². The fraction of sp³-hybridized carbons (Fsp3) is 0.235. The largest absolute Gasteiger partial charge is 0.330 e. The van der Waals surface area contributed by atoms with Gasteiger partial charge in [-0.1, -0.05) is 45.7 Å². The number of carbonyl (C=O) groups excluding carboxylic acids is 1. The van der Waals surface area contributed by atoms with Crippen LogP contribution < -0.4 is 10.6 Å². The molecule has 3 nitrogen and oxygen atoms in total. The molecule has 2 aromatic rings. The second-order valence-corrected chi connectivity index (χ2v) is 6.61. The zero-order valence-corrected chi connectivity index (χ0v) is 14.9.